The lowest BCUT2D eigenvalue weighted by molar-refractivity contribution is 0.436. The fraction of sp³-hybridized carbons (Fsp3) is 0.647. The molecule has 1 heterocycles. The van der Waals surface area contributed by atoms with E-state index in [1.807, 2.05) is 0 Å². The number of nitrogens with one attached hydrogen (secondary N) is 1. The van der Waals surface area contributed by atoms with Crippen LogP contribution in [-0.2, 0) is 0 Å². The second-order valence-corrected chi connectivity index (χ2v) is 6.46. The van der Waals surface area contributed by atoms with Crippen LogP contribution in [0.5, 0.6) is 0 Å². The van der Waals surface area contributed by atoms with E-state index in [9.17, 15) is 0 Å². The molecule has 0 amide bonds. The van der Waals surface area contributed by atoms with E-state index in [0.29, 0.717) is 6.04 Å². The molecule has 0 saturated carbocycles. The number of hydrogen-bond donors (Lipinski definition) is 1. The second-order valence-electron chi connectivity index (χ2n) is 6.46. The van der Waals surface area contributed by atoms with E-state index in [0.717, 1.165) is 25.6 Å². The van der Waals surface area contributed by atoms with Gasteiger partial charge in [-0.2, -0.15) is 0 Å². The van der Waals surface area contributed by atoms with Crippen molar-refractivity contribution in [3.05, 3.63) is 24.3 Å². The summed E-state index contributed by atoms with van der Waals surface area (Å²) in [6.45, 7) is 8.02. The first-order valence-corrected chi connectivity index (χ1v) is 7.82. The molecule has 1 fully saturated rings. The molecule has 20 heavy (non-hydrogen) atoms. The number of para-hydroxylation sites is 2. The molecular formula is C17H29N3. The third-order valence-corrected chi connectivity index (χ3v) is 3.94. The highest BCUT2D eigenvalue weighted by Crippen LogP contribution is 2.29. The van der Waals surface area contributed by atoms with Crippen LogP contribution in [0.4, 0.5) is 11.4 Å². The first-order valence-electron chi connectivity index (χ1n) is 7.82. The summed E-state index contributed by atoms with van der Waals surface area (Å²) < 4.78 is 0. The maximum Gasteiger partial charge on any atom is 0.0604 e. The minimum Gasteiger partial charge on any atom is -0.376 e. The van der Waals surface area contributed by atoms with E-state index in [2.05, 4.69) is 67.3 Å². The van der Waals surface area contributed by atoms with Gasteiger partial charge in [-0.25, -0.2) is 0 Å². The minimum atomic E-state index is 0.604. The van der Waals surface area contributed by atoms with E-state index in [-0.39, 0.29) is 0 Å². The van der Waals surface area contributed by atoms with Gasteiger partial charge in [0.15, 0.2) is 0 Å². The lowest BCUT2D eigenvalue weighted by Crippen LogP contribution is -2.39. The molecule has 0 aliphatic carbocycles. The summed E-state index contributed by atoms with van der Waals surface area (Å²) in [7, 11) is 4.25. The Morgan fingerprint density at radius 1 is 1.30 bits per heavy atom. The molecule has 0 bridgehead atoms. The number of anilines is 2. The summed E-state index contributed by atoms with van der Waals surface area (Å²) in [6, 6.07) is 9.35. The molecule has 1 aliphatic heterocycles. The SMILES string of the molecule is CC(C)CC1CN(c2ccccc2N(C)C)CCCN1. The summed E-state index contributed by atoms with van der Waals surface area (Å²) >= 11 is 0. The van der Waals surface area contributed by atoms with E-state index in [4.69, 9.17) is 0 Å². The number of benzene rings is 1. The van der Waals surface area contributed by atoms with Gasteiger partial charge < -0.3 is 15.1 Å². The van der Waals surface area contributed by atoms with Crippen molar-refractivity contribution >= 4 is 11.4 Å². The van der Waals surface area contributed by atoms with Crippen LogP contribution in [0.15, 0.2) is 24.3 Å². The molecule has 0 radical (unpaired) electrons. The van der Waals surface area contributed by atoms with Gasteiger partial charge in [0.05, 0.1) is 11.4 Å². The highest BCUT2D eigenvalue weighted by molar-refractivity contribution is 5.70. The standard InChI is InChI=1S/C17H29N3/c1-14(2)12-15-13-20(11-7-10-18-15)17-9-6-5-8-16(17)19(3)4/h5-6,8-9,14-15,18H,7,10-13H2,1-4H3. The number of rotatable bonds is 4. The Hall–Kier alpha value is -1.22. The van der Waals surface area contributed by atoms with Crippen LogP contribution >= 0.6 is 0 Å². The largest absolute Gasteiger partial charge is 0.376 e. The Kier molecular flexibility index (Phi) is 5.30. The van der Waals surface area contributed by atoms with Crippen LogP contribution in [0.3, 0.4) is 0 Å². The Morgan fingerprint density at radius 3 is 2.75 bits per heavy atom. The van der Waals surface area contributed by atoms with Crippen molar-refractivity contribution in [2.45, 2.75) is 32.7 Å². The maximum absolute atomic E-state index is 3.71. The molecule has 1 aliphatic rings. The molecule has 2 rings (SSSR count). The van der Waals surface area contributed by atoms with Crippen molar-refractivity contribution in [2.24, 2.45) is 5.92 Å². The molecule has 3 nitrogen and oxygen atoms in total. The second kappa shape index (κ2) is 6.98. The third-order valence-electron chi connectivity index (χ3n) is 3.94. The van der Waals surface area contributed by atoms with E-state index < -0.39 is 0 Å². The van der Waals surface area contributed by atoms with Gasteiger partial charge in [0.25, 0.3) is 0 Å². The quantitative estimate of drug-likeness (QED) is 0.911. The molecule has 1 aromatic carbocycles. The lowest BCUT2D eigenvalue weighted by atomic mass is 10.0. The van der Waals surface area contributed by atoms with Crippen molar-refractivity contribution in [2.75, 3.05) is 43.5 Å². The van der Waals surface area contributed by atoms with E-state index >= 15 is 0 Å². The molecule has 1 unspecified atom stereocenters. The Morgan fingerprint density at radius 2 is 2.05 bits per heavy atom. The fourth-order valence-corrected chi connectivity index (χ4v) is 3.05. The highest BCUT2D eigenvalue weighted by atomic mass is 15.2. The molecule has 0 aromatic heterocycles. The number of nitrogens with zero attached hydrogens (tertiary/aromatic N) is 2. The smallest absolute Gasteiger partial charge is 0.0604 e. The highest BCUT2D eigenvalue weighted by Gasteiger charge is 2.20. The number of hydrogen-bond acceptors (Lipinski definition) is 3. The molecule has 1 aromatic rings. The third kappa shape index (κ3) is 3.89. The molecule has 112 valence electrons. The molecule has 1 saturated heterocycles. The minimum absolute atomic E-state index is 0.604. The fourth-order valence-electron chi connectivity index (χ4n) is 3.05. The summed E-state index contributed by atoms with van der Waals surface area (Å²) in [4.78, 5) is 4.77. The van der Waals surface area contributed by atoms with Gasteiger partial charge in [0, 0.05) is 33.2 Å². The van der Waals surface area contributed by atoms with Crippen LogP contribution in [0, 0.1) is 5.92 Å². The maximum atomic E-state index is 3.71. The van der Waals surface area contributed by atoms with E-state index in [1.165, 1.54) is 24.2 Å². The van der Waals surface area contributed by atoms with Crippen molar-refractivity contribution in [3.8, 4) is 0 Å². The Bertz CT molecular complexity index is 414. The average Bonchev–Trinajstić information content (AvgIpc) is 2.63. The molecule has 1 atom stereocenters. The predicted molar refractivity (Wildman–Crippen MR) is 88.8 cm³/mol. The first kappa shape index (κ1) is 15.2. The summed E-state index contributed by atoms with van der Waals surface area (Å²) in [5.41, 5.74) is 2.69. The Balaban J connectivity index is 2.17. The van der Waals surface area contributed by atoms with Gasteiger partial charge in [0.2, 0.25) is 0 Å². The summed E-state index contributed by atoms with van der Waals surface area (Å²) in [5, 5.41) is 3.71. The van der Waals surface area contributed by atoms with Crippen LogP contribution in [0.1, 0.15) is 26.7 Å². The van der Waals surface area contributed by atoms with Gasteiger partial charge in [-0.1, -0.05) is 26.0 Å². The zero-order valence-corrected chi connectivity index (χ0v) is 13.4. The van der Waals surface area contributed by atoms with Gasteiger partial charge in [-0.3, -0.25) is 0 Å². The lowest BCUT2D eigenvalue weighted by Gasteiger charge is -2.30. The Labute approximate surface area is 124 Å². The van der Waals surface area contributed by atoms with Crippen molar-refractivity contribution in [1.29, 1.82) is 0 Å². The molecule has 1 N–H and O–H groups in total. The van der Waals surface area contributed by atoms with E-state index in [1.54, 1.807) is 0 Å². The summed E-state index contributed by atoms with van der Waals surface area (Å²) in [6.07, 6.45) is 2.47. The van der Waals surface area contributed by atoms with Crippen LogP contribution in [0.25, 0.3) is 0 Å². The molecule has 0 spiro atoms. The molecular weight excluding hydrogens is 246 g/mol. The average molecular weight is 275 g/mol. The zero-order valence-electron chi connectivity index (χ0n) is 13.4. The monoisotopic (exact) mass is 275 g/mol. The normalized spacial score (nSPS) is 20.1. The van der Waals surface area contributed by atoms with Crippen molar-refractivity contribution in [1.82, 2.24) is 5.32 Å². The van der Waals surface area contributed by atoms with Crippen molar-refractivity contribution < 1.29 is 0 Å². The zero-order chi connectivity index (χ0) is 14.5. The van der Waals surface area contributed by atoms with Gasteiger partial charge in [-0.15, -0.1) is 0 Å². The first-order chi connectivity index (χ1) is 9.58. The van der Waals surface area contributed by atoms with Crippen LogP contribution < -0.4 is 15.1 Å². The van der Waals surface area contributed by atoms with Gasteiger partial charge in [-0.05, 0) is 37.4 Å². The van der Waals surface area contributed by atoms with Gasteiger partial charge in [0.1, 0.15) is 0 Å². The van der Waals surface area contributed by atoms with Crippen LogP contribution in [0.2, 0.25) is 0 Å². The molecule has 3 heteroatoms. The predicted octanol–water partition coefficient (Wildman–Crippen LogP) is 2.97. The van der Waals surface area contributed by atoms with Gasteiger partial charge >= 0.3 is 0 Å². The summed E-state index contributed by atoms with van der Waals surface area (Å²) in [5.74, 6) is 0.747. The van der Waals surface area contributed by atoms with Crippen LogP contribution in [-0.4, -0.2) is 39.8 Å². The van der Waals surface area contributed by atoms with Crippen molar-refractivity contribution in [3.63, 3.8) is 0 Å². The topological polar surface area (TPSA) is 18.5 Å².